The highest BCUT2D eigenvalue weighted by atomic mass is 16.2. The monoisotopic (exact) mass is 273 g/mol. The fourth-order valence-corrected chi connectivity index (χ4v) is 3.54. The maximum absolute atomic E-state index is 11.9. The van der Waals surface area contributed by atoms with Gasteiger partial charge in [-0.05, 0) is 25.3 Å². The van der Waals surface area contributed by atoms with E-state index in [0.29, 0.717) is 0 Å². The number of carbonyl (C=O) groups excluding carboxylic acids is 1. The lowest BCUT2D eigenvalue weighted by Gasteiger charge is -2.43. The van der Waals surface area contributed by atoms with Crippen molar-refractivity contribution in [3.05, 3.63) is 35.9 Å². The van der Waals surface area contributed by atoms with Gasteiger partial charge < -0.3 is 10.2 Å². The molecule has 2 aliphatic heterocycles. The van der Waals surface area contributed by atoms with Crippen LogP contribution in [0, 0.1) is 0 Å². The summed E-state index contributed by atoms with van der Waals surface area (Å²) >= 11 is 0. The highest BCUT2D eigenvalue weighted by Gasteiger charge is 2.46. The van der Waals surface area contributed by atoms with E-state index in [9.17, 15) is 4.79 Å². The van der Waals surface area contributed by atoms with Crippen LogP contribution >= 0.6 is 0 Å². The number of likely N-dealkylation sites (N-methyl/N-ethyl adjacent to an activating group) is 1. The van der Waals surface area contributed by atoms with Crippen molar-refractivity contribution in [2.24, 2.45) is 0 Å². The average Bonchev–Trinajstić information content (AvgIpc) is 2.79. The fraction of sp³-hybridized carbons (Fsp3) is 0.562. The van der Waals surface area contributed by atoms with Crippen LogP contribution in [0.2, 0.25) is 0 Å². The number of nitrogens with zero attached hydrogens (tertiary/aromatic N) is 2. The molecule has 4 heteroatoms. The molecule has 0 bridgehead atoms. The van der Waals surface area contributed by atoms with Gasteiger partial charge in [0.1, 0.15) is 0 Å². The Labute approximate surface area is 120 Å². The van der Waals surface area contributed by atoms with E-state index in [1.54, 1.807) is 0 Å². The van der Waals surface area contributed by atoms with Crippen molar-refractivity contribution in [2.45, 2.75) is 31.8 Å². The van der Waals surface area contributed by atoms with Gasteiger partial charge >= 0.3 is 6.03 Å². The van der Waals surface area contributed by atoms with Gasteiger partial charge in [-0.25, -0.2) is 4.79 Å². The van der Waals surface area contributed by atoms with Gasteiger partial charge in [-0.2, -0.15) is 0 Å². The summed E-state index contributed by atoms with van der Waals surface area (Å²) in [6.45, 7) is 6.86. The molecule has 0 saturated carbocycles. The SMILES string of the molecule is CCN1C(=O)NCC12CCN(Cc1ccccc1)CC2. The van der Waals surface area contributed by atoms with Crippen LogP contribution in [0.25, 0.3) is 0 Å². The molecule has 1 aromatic carbocycles. The molecule has 0 unspecified atom stereocenters. The second kappa shape index (κ2) is 5.44. The molecule has 0 atom stereocenters. The number of hydrogen-bond donors (Lipinski definition) is 1. The lowest BCUT2D eigenvalue weighted by atomic mass is 9.86. The minimum atomic E-state index is 0.0685. The maximum Gasteiger partial charge on any atom is 0.317 e. The number of amides is 2. The lowest BCUT2D eigenvalue weighted by molar-refractivity contribution is 0.0759. The molecule has 108 valence electrons. The van der Waals surface area contributed by atoms with Crippen molar-refractivity contribution in [2.75, 3.05) is 26.2 Å². The molecule has 2 heterocycles. The van der Waals surface area contributed by atoms with E-state index in [0.717, 1.165) is 45.6 Å². The van der Waals surface area contributed by atoms with Crippen LogP contribution in [0.4, 0.5) is 4.79 Å². The first-order valence-corrected chi connectivity index (χ1v) is 7.55. The minimum absolute atomic E-state index is 0.0685. The van der Waals surface area contributed by atoms with Crippen molar-refractivity contribution in [3.8, 4) is 0 Å². The number of likely N-dealkylation sites (tertiary alicyclic amines) is 1. The second-order valence-corrected chi connectivity index (χ2v) is 5.89. The molecule has 3 rings (SSSR count). The van der Waals surface area contributed by atoms with Crippen LogP contribution in [0.3, 0.4) is 0 Å². The molecule has 0 radical (unpaired) electrons. The third-order valence-electron chi connectivity index (χ3n) is 4.74. The summed E-state index contributed by atoms with van der Waals surface area (Å²) in [5.41, 5.74) is 1.44. The third-order valence-corrected chi connectivity index (χ3v) is 4.74. The largest absolute Gasteiger partial charge is 0.336 e. The van der Waals surface area contributed by atoms with E-state index in [1.165, 1.54) is 5.56 Å². The van der Waals surface area contributed by atoms with Gasteiger partial charge in [0.15, 0.2) is 0 Å². The first-order chi connectivity index (χ1) is 9.73. The summed E-state index contributed by atoms with van der Waals surface area (Å²) in [5.74, 6) is 0. The van der Waals surface area contributed by atoms with Crippen molar-refractivity contribution >= 4 is 6.03 Å². The van der Waals surface area contributed by atoms with Gasteiger partial charge in [-0.3, -0.25) is 4.90 Å². The molecule has 1 aromatic rings. The maximum atomic E-state index is 11.9. The standard InChI is InChI=1S/C16H23N3O/c1-2-19-15(20)17-13-16(19)8-10-18(11-9-16)12-14-6-4-3-5-7-14/h3-7H,2,8-13H2,1H3,(H,17,20). The molecular formula is C16H23N3O. The van der Waals surface area contributed by atoms with Crippen LogP contribution in [0.5, 0.6) is 0 Å². The van der Waals surface area contributed by atoms with Gasteiger partial charge in [0.05, 0.1) is 5.54 Å². The Morgan fingerprint density at radius 3 is 2.55 bits per heavy atom. The Morgan fingerprint density at radius 2 is 1.90 bits per heavy atom. The lowest BCUT2D eigenvalue weighted by Crippen LogP contribution is -2.54. The van der Waals surface area contributed by atoms with E-state index in [-0.39, 0.29) is 11.6 Å². The number of hydrogen-bond acceptors (Lipinski definition) is 2. The van der Waals surface area contributed by atoms with Crippen LogP contribution in [-0.4, -0.2) is 47.5 Å². The highest BCUT2D eigenvalue weighted by Crippen LogP contribution is 2.32. The molecule has 2 aliphatic rings. The third kappa shape index (κ3) is 2.40. The Bertz CT molecular complexity index is 466. The van der Waals surface area contributed by atoms with Crippen molar-refractivity contribution in [1.82, 2.24) is 15.1 Å². The normalized spacial score (nSPS) is 22.2. The van der Waals surface area contributed by atoms with E-state index in [4.69, 9.17) is 0 Å². The number of nitrogens with one attached hydrogen (secondary N) is 1. The number of carbonyl (C=O) groups is 1. The second-order valence-electron chi connectivity index (χ2n) is 5.89. The summed E-state index contributed by atoms with van der Waals surface area (Å²) in [4.78, 5) is 16.4. The van der Waals surface area contributed by atoms with Crippen molar-refractivity contribution in [3.63, 3.8) is 0 Å². The minimum Gasteiger partial charge on any atom is -0.336 e. The van der Waals surface area contributed by atoms with E-state index >= 15 is 0 Å². The summed E-state index contributed by atoms with van der Waals surface area (Å²) < 4.78 is 0. The van der Waals surface area contributed by atoms with E-state index in [2.05, 4.69) is 47.5 Å². The molecule has 1 N–H and O–H groups in total. The average molecular weight is 273 g/mol. The number of benzene rings is 1. The predicted octanol–water partition coefficient (Wildman–Crippen LogP) is 2.07. The first-order valence-electron chi connectivity index (χ1n) is 7.55. The van der Waals surface area contributed by atoms with Crippen molar-refractivity contribution < 1.29 is 4.79 Å². The van der Waals surface area contributed by atoms with Crippen LogP contribution in [0.15, 0.2) is 30.3 Å². The molecule has 2 saturated heterocycles. The van der Waals surface area contributed by atoms with Crippen molar-refractivity contribution in [1.29, 1.82) is 0 Å². The van der Waals surface area contributed by atoms with Crippen LogP contribution in [-0.2, 0) is 6.54 Å². The van der Waals surface area contributed by atoms with Crippen LogP contribution < -0.4 is 5.32 Å². The van der Waals surface area contributed by atoms with Gasteiger partial charge in [0, 0.05) is 32.7 Å². The topological polar surface area (TPSA) is 35.6 Å². The Morgan fingerprint density at radius 1 is 1.20 bits per heavy atom. The summed E-state index contributed by atoms with van der Waals surface area (Å²) in [5, 5.41) is 3.01. The molecule has 20 heavy (non-hydrogen) atoms. The van der Waals surface area contributed by atoms with Gasteiger partial charge in [-0.15, -0.1) is 0 Å². The summed E-state index contributed by atoms with van der Waals surface area (Å²) in [6.07, 6.45) is 2.15. The number of piperidine rings is 1. The first kappa shape index (κ1) is 13.4. The van der Waals surface area contributed by atoms with E-state index < -0.39 is 0 Å². The zero-order valence-corrected chi connectivity index (χ0v) is 12.1. The van der Waals surface area contributed by atoms with Crippen LogP contribution in [0.1, 0.15) is 25.3 Å². The predicted molar refractivity (Wildman–Crippen MR) is 79.5 cm³/mol. The molecule has 2 fully saturated rings. The highest BCUT2D eigenvalue weighted by molar-refractivity contribution is 5.77. The Kier molecular flexibility index (Phi) is 3.66. The molecule has 0 aliphatic carbocycles. The molecule has 0 aromatic heterocycles. The molecular weight excluding hydrogens is 250 g/mol. The molecule has 1 spiro atoms. The fourth-order valence-electron chi connectivity index (χ4n) is 3.54. The summed E-state index contributed by atoms with van der Waals surface area (Å²) in [6, 6.07) is 10.7. The van der Waals surface area contributed by atoms with Gasteiger partial charge in [0.2, 0.25) is 0 Å². The zero-order chi connectivity index (χ0) is 14.0. The number of urea groups is 1. The Balaban J connectivity index is 1.61. The summed E-state index contributed by atoms with van der Waals surface area (Å²) in [7, 11) is 0. The Hall–Kier alpha value is -1.55. The molecule has 2 amide bonds. The molecule has 4 nitrogen and oxygen atoms in total. The number of rotatable bonds is 3. The zero-order valence-electron chi connectivity index (χ0n) is 12.1. The van der Waals surface area contributed by atoms with Gasteiger partial charge in [-0.1, -0.05) is 30.3 Å². The van der Waals surface area contributed by atoms with Gasteiger partial charge in [0.25, 0.3) is 0 Å². The quantitative estimate of drug-likeness (QED) is 0.915. The smallest absolute Gasteiger partial charge is 0.317 e. The van der Waals surface area contributed by atoms with E-state index in [1.807, 2.05) is 4.90 Å².